The van der Waals surface area contributed by atoms with Crippen molar-refractivity contribution in [2.45, 2.75) is 36.9 Å². The van der Waals surface area contributed by atoms with E-state index in [0.717, 1.165) is 25.0 Å². The number of hydrogen-bond acceptors (Lipinski definition) is 4. The van der Waals surface area contributed by atoms with Crippen LogP contribution in [-0.4, -0.2) is 32.3 Å². The predicted molar refractivity (Wildman–Crippen MR) is 71.1 cm³/mol. The van der Waals surface area contributed by atoms with E-state index in [4.69, 9.17) is 9.84 Å². The van der Waals surface area contributed by atoms with Gasteiger partial charge in [0.1, 0.15) is 5.82 Å². The van der Waals surface area contributed by atoms with E-state index in [0.29, 0.717) is 6.61 Å². The number of ether oxygens (including phenoxy) is 1. The van der Waals surface area contributed by atoms with Gasteiger partial charge in [-0.25, -0.2) is 17.5 Å². The van der Waals surface area contributed by atoms with Crippen LogP contribution < -0.4 is 4.72 Å². The van der Waals surface area contributed by atoms with Gasteiger partial charge in [0.15, 0.2) is 0 Å². The lowest BCUT2D eigenvalue weighted by atomic mass is 10.0. The van der Waals surface area contributed by atoms with Gasteiger partial charge in [-0.3, -0.25) is 0 Å². The Morgan fingerprint density at radius 3 is 2.85 bits per heavy atom. The highest BCUT2D eigenvalue weighted by atomic mass is 32.2. The van der Waals surface area contributed by atoms with E-state index < -0.39 is 28.0 Å². The zero-order valence-corrected chi connectivity index (χ0v) is 12.0. The summed E-state index contributed by atoms with van der Waals surface area (Å²) in [7, 11) is -3.88. The Kier molecular flexibility index (Phi) is 4.43. The molecule has 7 heteroatoms. The minimum atomic E-state index is -3.88. The van der Waals surface area contributed by atoms with Crippen molar-refractivity contribution in [2.75, 3.05) is 13.2 Å². The van der Waals surface area contributed by atoms with E-state index in [1.165, 1.54) is 6.07 Å². The molecule has 1 aromatic carbocycles. The molecular weight excluding hydrogens is 285 g/mol. The van der Waals surface area contributed by atoms with Gasteiger partial charge in [0.05, 0.1) is 17.1 Å². The number of aliphatic hydroxyl groups excluding tert-OH is 1. The van der Waals surface area contributed by atoms with Gasteiger partial charge in [0.2, 0.25) is 10.0 Å². The third kappa shape index (κ3) is 3.35. The number of aliphatic hydroxyl groups is 1. The van der Waals surface area contributed by atoms with Crippen LogP contribution in [0.1, 0.15) is 25.3 Å². The molecule has 0 aromatic heterocycles. The first-order valence-electron chi connectivity index (χ1n) is 6.39. The second-order valence-corrected chi connectivity index (χ2v) is 6.87. The van der Waals surface area contributed by atoms with Gasteiger partial charge in [0, 0.05) is 13.2 Å². The van der Waals surface area contributed by atoms with Crippen LogP contribution in [0.5, 0.6) is 0 Å². The van der Waals surface area contributed by atoms with Crippen molar-refractivity contribution in [3.8, 4) is 0 Å². The fourth-order valence-electron chi connectivity index (χ4n) is 2.21. The van der Waals surface area contributed by atoms with Crippen molar-refractivity contribution in [1.82, 2.24) is 4.72 Å². The van der Waals surface area contributed by atoms with Crippen LogP contribution in [0.4, 0.5) is 4.39 Å². The Morgan fingerprint density at radius 1 is 1.50 bits per heavy atom. The molecule has 112 valence electrons. The summed E-state index contributed by atoms with van der Waals surface area (Å²) in [5.74, 6) is -0.661. The van der Waals surface area contributed by atoms with Crippen LogP contribution in [0.25, 0.3) is 0 Å². The summed E-state index contributed by atoms with van der Waals surface area (Å²) in [5, 5.41) is 9.16. The van der Waals surface area contributed by atoms with Gasteiger partial charge in [-0.05, 0) is 37.5 Å². The molecule has 20 heavy (non-hydrogen) atoms. The zero-order chi connectivity index (χ0) is 14.8. The molecule has 1 aromatic rings. The Bertz CT molecular complexity index is 582. The Hall–Kier alpha value is -1.02. The minimum absolute atomic E-state index is 0.122. The summed E-state index contributed by atoms with van der Waals surface area (Å²) in [6, 6.07) is 3.29. The SMILES string of the molecule is CC1(CNS(=O)(=O)c2cc(F)ccc2CO)CCCO1. The molecule has 1 atom stereocenters. The van der Waals surface area contributed by atoms with Crippen LogP contribution in [0, 0.1) is 5.82 Å². The largest absolute Gasteiger partial charge is 0.392 e. The molecule has 0 radical (unpaired) electrons. The number of rotatable bonds is 5. The maximum Gasteiger partial charge on any atom is 0.241 e. The van der Waals surface area contributed by atoms with Gasteiger partial charge >= 0.3 is 0 Å². The molecule has 0 spiro atoms. The highest BCUT2D eigenvalue weighted by Gasteiger charge is 2.32. The highest BCUT2D eigenvalue weighted by molar-refractivity contribution is 7.89. The van der Waals surface area contributed by atoms with E-state index in [9.17, 15) is 12.8 Å². The maximum absolute atomic E-state index is 13.2. The number of nitrogens with one attached hydrogen (secondary N) is 1. The lowest BCUT2D eigenvalue weighted by Gasteiger charge is -2.23. The topological polar surface area (TPSA) is 75.6 Å². The fraction of sp³-hybridized carbons (Fsp3) is 0.538. The zero-order valence-electron chi connectivity index (χ0n) is 11.2. The number of benzene rings is 1. The molecule has 0 amide bonds. The average Bonchev–Trinajstić information content (AvgIpc) is 2.84. The first kappa shape index (κ1) is 15.4. The average molecular weight is 303 g/mol. The maximum atomic E-state index is 13.2. The summed E-state index contributed by atoms with van der Waals surface area (Å²) in [4.78, 5) is -0.235. The first-order valence-corrected chi connectivity index (χ1v) is 7.88. The third-order valence-electron chi connectivity index (χ3n) is 3.43. The molecule has 1 heterocycles. The molecular formula is C13H18FNO4S. The molecule has 1 aliphatic heterocycles. The molecule has 2 rings (SSSR count). The smallest absolute Gasteiger partial charge is 0.241 e. The van der Waals surface area contributed by atoms with Crippen LogP contribution in [0.2, 0.25) is 0 Å². The number of halogens is 1. The van der Waals surface area contributed by atoms with Crippen LogP contribution in [0.15, 0.2) is 23.1 Å². The lowest BCUT2D eigenvalue weighted by Crippen LogP contribution is -2.40. The fourth-order valence-corrected chi connectivity index (χ4v) is 3.61. The first-order chi connectivity index (χ1) is 9.36. The van der Waals surface area contributed by atoms with Gasteiger partial charge in [-0.15, -0.1) is 0 Å². The van der Waals surface area contributed by atoms with E-state index >= 15 is 0 Å². The summed E-state index contributed by atoms with van der Waals surface area (Å²) < 4.78 is 45.6. The van der Waals surface area contributed by atoms with E-state index in [2.05, 4.69) is 4.72 Å². The number of hydrogen-bond donors (Lipinski definition) is 2. The normalized spacial score (nSPS) is 23.1. The summed E-state index contributed by atoms with van der Waals surface area (Å²) in [5.41, 5.74) is -0.365. The van der Waals surface area contributed by atoms with Gasteiger partial charge < -0.3 is 9.84 Å². The quantitative estimate of drug-likeness (QED) is 0.856. The predicted octanol–water partition coefficient (Wildman–Crippen LogP) is 1.17. The van der Waals surface area contributed by atoms with Crippen LogP contribution >= 0.6 is 0 Å². The highest BCUT2D eigenvalue weighted by Crippen LogP contribution is 2.25. The summed E-state index contributed by atoms with van der Waals surface area (Å²) in [6.07, 6.45) is 1.66. The van der Waals surface area contributed by atoms with Gasteiger partial charge in [-0.2, -0.15) is 0 Å². The molecule has 0 aliphatic carbocycles. The van der Waals surface area contributed by atoms with Crippen LogP contribution in [0.3, 0.4) is 0 Å². The van der Waals surface area contributed by atoms with Crippen molar-refractivity contribution in [1.29, 1.82) is 0 Å². The Morgan fingerprint density at radius 2 is 2.25 bits per heavy atom. The van der Waals surface area contributed by atoms with Crippen LogP contribution in [-0.2, 0) is 21.4 Å². The molecule has 1 unspecified atom stereocenters. The van der Waals surface area contributed by atoms with E-state index in [-0.39, 0.29) is 17.0 Å². The molecule has 0 bridgehead atoms. The van der Waals surface area contributed by atoms with E-state index in [1.54, 1.807) is 0 Å². The lowest BCUT2D eigenvalue weighted by molar-refractivity contribution is 0.0250. The molecule has 2 N–H and O–H groups in total. The van der Waals surface area contributed by atoms with Gasteiger partial charge in [-0.1, -0.05) is 6.07 Å². The molecule has 5 nitrogen and oxygen atoms in total. The molecule has 1 saturated heterocycles. The van der Waals surface area contributed by atoms with Gasteiger partial charge in [0.25, 0.3) is 0 Å². The molecule has 1 fully saturated rings. The third-order valence-corrected chi connectivity index (χ3v) is 4.91. The van der Waals surface area contributed by atoms with Crippen molar-refractivity contribution in [3.63, 3.8) is 0 Å². The second kappa shape index (κ2) is 5.77. The van der Waals surface area contributed by atoms with Crippen molar-refractivity contribution >= 4 is 10.0 Å². The van der Waals surface area contributed by atoms with E-state index in [1.807, 2.05) is 6.92 Å². The monoisotopic (exact) mass is 303 g/mol. The standard InChI is InChI=1S/C13H18FNO4S/c1-13(5-2-6-19-13)9-15-20(17,18)12-7-11(14)4-3-10(12)8-16/h3-4,7,15-16H,2,5-6,8-9H2,1H3. The molecule has 1 aliphatic rings. The second-order valence-electron chi connectivity index (χ2n) is 5.14. The summed E-state index contributed by atoms with van der Waals surface area (Å²) in [6.45, 7) is 2.10. The molecule has 0 saturated carbocycles. The Balaban J connectivity index is 2.20. The Labute approximate surface area is 117 Å². The minimum Gasteiger partial charge on any atom is -0.392 e. The summed E-state index contributed by atoms with van der Waals surface area (Å²) >= 11 is 0. The number of sulfonamides is 1. The van der Waals surface area contributed by atoms with Crippen molar-refractivity contribution < 1.29 is 22.7 Å². The van der Waals surface area contributed by atoms with Crippen molar-refractivity contribution in [3.05, 3.63) is 29.6 Å². The van der Waals surface area contributed by atoms with Crippen molar-refractivity contribution in [2.24, 2.45) is 0 Å².